The number of rotatable bonds is 7. The van der Waals surface area contributed by atoms with E-state index >= 15 is 0 Å². The quantitative estimate of drug-likeness (QED) is 0.676. The summed E-state index contributed by atoms with van der Waals surface area (Å²) in [6.07, 6.45) is 4.78. The molecule has 1 saturated carbocycles. The van der Waals surface area contributed by atoms with Gasteiger partial charge in [0.2, 0.25) is 17.6 Å². The third-order valence-corrected chi connectivity index (χ3v) is 7.11. The standard InChI is InChI=1S/C19H24ClN3O4S/c1-23(15-5-3-6-16(15)28(2,25)26)18(24)8-4-7-17-21-19(22-27-17)13-9-11-14(20)12-10-13/h9-12,15-16H,3-8H2,1-2H3/t15-,16+/m1/s1. The lowest BCUT2D eigenvalue weighted by atomic mass is 10.1. The van der Waals surface area contributed by atoms with Gasteiger partial charge in [0.15, 0.2) is 9.84 Å². The van der Waals surface area contributed by atoms with E-state index < -0.39 is 15.1 Å². The number of carbonyl (C=O) groups excluding carboxylic acids is 1. The molecule has 0 N–H and O–H groups in total. The molecule has 7 nitrogen and oxygen atoms in total. The molecule has 1 heterocycles. The summed E-state index contributed by atoms with van der Waals surface area (Å²) in [5.74, 6) is 0.894. The molecule has 9 heteroatoms. The second-order valence-electron chi connectivity index (χ2n) is 7.24. The van der Waals surface area contributed by atoms with Gasteiger partial charge in [0, 0.05) is 42.8 Å². The summed E-state index contributed by atoms with van der Waals surface area (Å²) in [4.78, 5) is 18.5. The van der Waals surface area contributed by atoms with Gasteiger partial charge >= 0.3 is 0 Å². The number of benzene rings is 1. The zero-order chi connectivity index (χ0) is 20.3. The summed E-state index contributed by atoms with van der Waals surface area (Å²) in [6.45, 7) is 0. The second-order valence-corrected chi connectivity index (χ2v) is 9.94. The van der Waals surface area contributed by atoms with E-state index in [1.54, 1.807) is 24.1 Å². The van der Waals surface area contributed by atoms with Gasteiger partial charge in [-0.2, -0.15) is 4.98 Å². The molecule has 1 aliphatic rings. The Morgan fingerprint density at radius 1 is 1.29 bits per heavy atom. The number of nitrogens with zero attached hydrogens (tertiary/aromatic N) is 3. The molecule has 0 spiro atoms. The van der Waals surface area contributed by atoms with Gasteiger partial charge in [-0.1, -0.05) is 16.8 Å². The van der Waals surface area contributed by atoms with Gasteiger partial charge in [0.1, 0.15) is 0 Å². The van der Waals surface area contributed by atoms with Gasteiger partial charge in [-0.15, -0.1) is 0 Å². The van der Waals surface area contributed by atoms with Crippen LogP contribution >= 0.6 is 11.6 Å². The van der Waals surface area contributed by atoms with Gasteiger partial charge in [0.05, 0.1) is 5.25 Å². The third-order valence-electron chi connectivity index (χ3n) is 5.21. The summed E-state index contributed by atoms with van der Waals surface area (Å²) in [5.41, 5.74) is 0.809. The highest BCUT2D eigenvalue weighted by molar-refractivity contribution is 7.91. The van der Waals surface area contributed by atoms with Gasteiger partial charge in [-0.05, 0) is 49.9 Å². The maximum atomic E-state index is 12.5. The Hall–Kier alpha value is -1.93. The normalized spacial score (nSPS) is 19.7. The second kappa shape index (κ2) is 8.61. The SMILES string of the molecule is CN(C(=O)CCCc1nc(-c2ccc(Cl)cc2)no1)[C@@H]1CCC[C@@H]1S(C)(=O)=O. The van der Waals surface area contributed by atoms with Crippen LogP contribution in [0, 0.1) is 0 Å². The zero-order valence-electron chi connectivity index (χ0n) is 16.0. The molecule has 0 unspecified atom stereocenters. The van der Waals surface area contributed by atoms with Crippen LogP contribution in [0.3, 0.4) is 0 Å². The minimum absolute atomic E-state index is 0.0574. The number of hydrogen-bond donors (Lipinski definition) is 0. The minimum Gasteiger partial charge on any atom is -0.341 e. The highest BCUT2D eigenvalue weighted by Crippen LogP contribution is 2.29. The van der Waals surface area contributed by atoms with Crippen LogP contribution in [0.4, 0.5) is 0 Å². The van der Waals surface area contributed by atoms with Gasteiger partial charge in [0.25, 0.3) is 0 Å². The van der Waals surface area contributed by atoms with Crippen LogP contribution in [0.5, 0.6) is 0 Å². The Morgan fingerprint density at radius 2 is 2.00 bits per heavy atom. The lowest BCUT2D eigenvalue weighted by Crippen LogP contribution is -2.44. The molecular formula is C19H24ClN3O4S. The Labute approximate surface area is 170 Å². The average molecular weight is 426 g/mol. The fourth-order valence-electron chi connectivity index (χ4n) is 3.67. The lowest BCUT2D eigenvalue weighted by molar-refractivity contribution is -0.131. The molecule has 0 aliphatic heterocycles. The van der Waals surface area contributed by atoms with Gasteiger partial charge < -0.3 is 9.42 Å². The van der Waals surface area contributed by atoms with E-state index in [9.17, 15) is 13.2 Å². The van der Waals surface area contributed by atoms with E-state index in [2.05, 4.69) is 10.1 Å². The van der Waals surface area contributed by atoms with E-state index in [0.717, 1.165) is 18.4 Å². The molecule has 2 atom stereocenters. The molecule has 0 saturated heterocycles. The molecular weight excluding hydrogens is 402 g/mol. The van der Waals surface area contributed by atoms with Crippen molar-refractivity contribution in [2.75, 3.05) is 13.3 Å². The smallest absolute Gasteiger partial charge is 0.226 e. The van der Waals surface area contributed by atoms with Crippen LogP contribution in [0.15, 0.2) is 28.8 Å². The van der Waals surface area contributed by atoms with E-state index in [1.165, 1.54) is 6.26 Å². The molecule has 152 valence electrons. The molecule has 2 aromatic rings. The fraction of sp³-hybridized carbons (Fsp3) is 0.526. The fourth-order valence-corrected chi connectivity index (χ4v) is 5.28. The van der Waals surface area contributed by atoms with Crippen molar-refractivity contribution in [1.82, 2.24) is 15.0 Å². The highest BCUT2D eigenvalue weighted by atomic mass is 35.5. The summed E-state index contributed by atoms with van der Waals surface area (Å²) < 4.78 is 29.1. The topological polar surface area (TPSA) is 93.4 Å². The number of hydrogen-bond acceptors (Lipinski definition) is 6. The maximum absolute atomic E-state index is 12.5. The predicted molar refractivity (Wildman–Crippen MR) is 107 cm³/mol. The van der Waals surface area contributed by atoms with Gasteiger partial charge in [-0.25, -0.2) is 8.42 Å². The lowest BCUT2D eigenvalue weighted by Gasteiger charge is -2.29. The number of carbonyl (C=O) groups is 1. The number of aromatic nitrogens is 2. The number of aryl methyl sites for hydroxylation is 1. The molecule has 1 fully saturated rings. The molecule has 1 aromatic heterocycles. The average Bonchev–Trinajstić information content (AvgIpc) is 3.31. The Balaban J connectivity index is 1.52. The first-order valence-electron chi connectivity index (χ1n) is 9.29. The van der Waals surface area contributed by atoms with Crippen LogP contribution in [-0.2, 0) is 21.1 Å². The molecule has 0 bridgehead atoms. The Bertz CT molecular complexity index is 927. The molecule has 1 aromatic carbocycles. The van der Waals surface area contributed by atoms with E-state index in [0.29, 0.717) is 42.4 Å². The van der Waals surface area contributed by atoms with Crippen molar-refractivity contribution in [3.8, 4) is 11.4 Å². The molecule has 1 aliphatic carbocycles. The van der Waals surface area contributed by atoms with Crippen LogP contribution in [-0.4, -0.2) is 54.0 Å². The van der Waals surface area contributed by atoms with Crippen molar-refractivity contribution in [2.24, 2.45) is 0 Å². The highest BCUT2D eigenvalue weighted by Gasteiger charge is 2.38. The number of sulfone groups is 1. The monoisotopic (exact) mass is 425 g/mol. The van der Waals surface area contributed by atoms with Crippen molar-refractivity contribution >= 4 is 27.3 Å². The predicted octanol–water partition coefficient (Wildman–Crippen LogP) is 3.14. The van der Waals surface area contributed by atoms with E-state index in [-0.39, 0.29) is 11.9 Å². The van der Waals surface area contributed by atoms with E-state index in [1.807, 2.05) is 12.1 Å². The van der Waals surface area contributed by atoms with Crippen LogP contribution < -0.4 is 0 Å². The van der Waals surface area contributed by atoms with Crippen LogP contribution in [0.1, 0.15) is 38.0 Å². The molecule has 28 heavy (non-hydrogen) atoms. The summed E-state index contributed by atoms with van der Waals surface area (Å²) in [5, 5.41) is 4.13. The zero-order valence-corrected chi connectivity index (χ0v) is 17.5. The first-order chi connectivity index (χ1) is 13.3. The van der Waals surface area contributed by atoms with Crippen LogP contribution in [0.2, 0.25) is 5.02 Å². The number of amides is 1. The third kappa shape index (κ3) is 4.91. The summed E-state index contributed by atoms with van der Waals surface area (Å²) in [7, 11) is -1.46. The molecule has 3 rings (SSSR count). The number of halogens is 1. The first kappa shape index (κ1) is 20.8. The summed E-state index contributed by atoms with van der Waals surface area (Å²) >= 11 is 5.88. The Kier molecular flexibility index (Phi) is 6.40. The van der Waals surface area contributed by atoms with Crippen LogP contribution in [0.25, 0.3) is 11.4 Å². The maximum Gasteiger partial charge on any atom is 0.226 e. The largest absolute Gasteiger partial charge is 0.341 e. The van der Waals surface area contributed by atoms with Crippen molar-refractivity contribution in [3.63, 3.8) is 0 Å². The van der Waals surface area contributed by atoms with Crippen molar-refractivity contribution in [3.05, 3.63) is 35.2 Å². The van der Waals surface area contributed by atoms with Crippen molar-refractivity contribution in [1.29, 1.82) is 0 Å². The van der Waals surface area contributed by atoms with Crippen molar-refractivity contribution < 1.29 is 17.7 Å². The van der Waals surface area contributed by atoms with Gasteiger partial charge in [-0.3, -0.25) is 4.79 Å². The Morgan fingerprint density at radius 3 is 2.68 bits per heavy atom. The summed E-state index contributed by atoms with van der Waals surface area (Å²) in [6, 6.07) is 6.91. The van der Waals surface area contributed by atoms with E-state index in [4.69, 9.17) is 16.1 Å². The van der Waals surface area contributed by atoms with Crippen molar-refractivity contribution in [2.45, 2.75) is 49.8 Å². The molecule has 0 radical (unpaired) electrons. The first-order valence-corrected chi connectivity index (χ1v) is 11.6. The molecule has 1 amide bonds. The minimum atomic E-state index is -3.16.